The Morgan fingerprint density at radius 2 is 2.19 bits per heavy atom. The number of hydrogen-bond donors (Lipinski definition) is 3. The zero-order valence-electron chi connectivity index (χ0n) is 12.2. The summed E-state index contributed by atoms with van der Waals surface area (Å²) in [6.07, 6.45) is 4.14. The first-order valence-corrected chi connectivity index (χ1v) is 6.95. The highest BCUT2D eigenvalue weighted by Gasteiger charge is 2.24. The van der Waals surface area contributed by atoms with E-state index in [1.807, 2.05) is 6.92 Å². The van der Waals surface area contributed by atoms with E-state index in [0.717, 1.165) is 19.3 Å². The predicted octanol–water partition coefficient (Wildman–Crippen LogP) is 2.10. The van der Waals surface area contributed by atoms with Gasteiger partial charge in [0.2, 0.25) is 11.9 Å². The van der Waals surface area contributed by atoms with Crippen LogP contribution in [0.25, 0.3) is 10.9 Å². The van der Waals surface area contributed by atoms with Gasteiger partial charge < -0.3 is 16.2 Å². The minimum absolute atomic E-state index is 0.0476. The molecule has 0 radical (unpaired) electrons. The van der Waals surface area contributed by atoms with Gasteiger partial charge in [-0.2, -0.15) is 9.37 Å². The molecule has 4 N–H and O–H groups in total. The molecule has 0 aliphatic heterocycles. The van der Waals surface area contributed by atoms with Crippen molar-refractivity contribution in [1.82, 2.24) is 15.0 Å². The van der Waals surface area contributed by atoms with E-state index in [0.29, 0.717) is 16.7 Å². The number of nitrogens with two attached hydrogens (primary N) is 1. The molecule has 7 heteroatoms. The van der Waals surface area contributed by atoms with Crippen LogP contribution in [0, 0.1) is 5.95 Å². The van der Waals surface area contributed by atoms with E-state index in [1.54, 1.807) is 0 Å². The standard InChI is InChI=1S/C14H20FN5O/c1-3-4-5-14(2,8-21)20-12-9-7-17-11(15)6-10(9)18-13(16)19-12/h6-7,21H,3-5,8H2,1-2H3,(H3,16,18,19,20)/t14-/m1/s1. The normalized spacial score (nSPS) is 14.1. The van der Waals surface area contributed by atoms with Crippen LogP contribution in [-0.4, -0.2) is 32.2 Å². The summed E-state index contributed by atoms with van der Waals surface area (Å²) in [5.41, 5.74) is 5.52. The monoisotopic (exact) mass is 293 g/mol. The van der Waals surface area contributed by atoms with Gasteiger partial charge in [-0.1, -0.05) is 19.8 Å². The van der Waals surface area contributed by atoms with Crippen molar-refractivity contribution < 1.29 is 9.50 Å². The largest absolute Gasteiger partial charge is 0.394 e. The number of fused-ring (bicyclic) bond motifs is 1. The van der Waals surface area contributed by atoms with Crippen molar-refractivity contribution in [3.05, 3.63) is 18.2 Å². The van der Waals surface area contributed by atoms with Crippen LogP contribution in [0.1, 0.15) is 33.1 Å². The summed E-state index contributed by atoms with van der Waals surface area (Å²) < 4.78 is 13.2. The number of nitrogens with one attached hydrogen (secondary N) is 1. The third-order valence-corrected chi connectivity index (χ3v) is 3.42. The van der Waals surface area contributed by atoms with Gasteiger partial charge in [0.1, 0.15) is 5.82 Å². The Morgan fingerprint density at radius 3 is 2.86 bits per heavy atom. The molecule has 2 heterocycles. The van der Waals surface area contributed by atoms with Crippen molar-refractivity contribution in [3.63, 3.8) is 0 Å². The molecule has 2 aromatic rings. The molecule has 0 aliphatic carbocycles. The highest BCUT2D eigenvalue weighted by molar-refractivity contribution is 5.89. The fourth-order valence-electron chi connectivity index (χ4n) is 2.15. The van der Waals surface area contributed by atoms with Gasteiger partial charge in [0.25, 0.3) is 0 Å². The Morgan fingerprint density at radius 1 is 1.43 bits per heavy atom. The van der Waals surface area contributed by atoms with Gasteiger partial charge in [0.05, 0.1) is 23.0 Å². The Hall–Kier alpha value is -2.02. The van der Waals surface area contributed by atoms with Crippen LogP contribution in [0.4, 0.5) is 16.2 Å². The van der Waals surface area contributed by atoms with Crippen LogP contribution in [0.3, 0.4) is 0 Å². The molecule has 0 unspecified atom stereocenters. The summed E-state index contributed by atoms with van der Waals surface area (Å²) in [7, 11) is 0. The first-order chi connectivity index (χ1) is 9.97. The number of anilines is 2. The number of halogens is 1. The fourth-order valence-corrected chi connectivity index (χ4v) is 2.15. The molecule has 6 nitrogen and oxygen atoms in total. The van der Waals surface area contributed by atoms with Crippen molar-refractivity contribution in [3.8, 4) is 0 Å². The van der Waals surface area contributed by atoms with Crippen LogP contribution in [0.5, 0.6) is 0 Å². The van der Waals surface area contributed by atoms with E-state index in [9.17, 15) is 9.50 Å². The van der Waals surface area contributed by atoms with Crippen molar-refractivity contribution in [2.45, 2.75) is 38.6 Å². The molecule has 0 aliphatic rings. The summed E-state index contributed by atoms with van der Waals surface area (Å²) in [5, 5.41) is 13.4. The van der Waals surface area contributed by atoms with Gasteiger partial charge in [-0.25, -0.2) is 9.97 Å². The molecule has 0 aromatic carbocycles. The maximum Gasteiger partial charge on any atom is 0.222 e. The van der Waals surface area contributed by atoms with Gasteiger partial charge in [-0.3, -0.25) is 0 Å². The second kappa shape index (κ2) is 6.17. The Kier molecular flexibility index (Phi) is 4.52. The zero-order valence-corrected chi connectivity index (χ0v) is 12.2. The first kappa shape index (κ1) is 15.4. The molecule has 0 saturated carbocycles. The molecule has 114 valence electrons. The zero-order chi connectivity index (χ0) is 15.5. The molecule has 0 amide bonds. The second-order valence-corrected chi connectivity index (χ2v) is 5.40. The van der Waals surface area contributed by atoms with Crippen LogP contribution in [0.15, 0.2) is 12.3 Å². The second-order valence-electron chi connectivity index (χ2n) is 5.40. The van der Waals surface area contributed by atoms with Gasteiger partial charge in [-0.05, 0) is 13.3 Å². The maximum atomic E-state index is 13.2. The average molecular weight is 293 g/mol. The quantitative estimate of drug-likeness (QED) is 0.706. The van der Waals surface area contributed by atoms with Crippen LogP contribution < -0.4 is 11.1 Å². The third kappa shape index (κ3) is 3.55. The highest BCUT2D eigenvalue weighted by Crippen LogP contribution is 2.26. The Balaban J connectivity index is 2.41. The lowest BCUT2D eigenvalue weighted by atomic mass is 9.96. The highest BCUT2D eigenvalue weighted by atomic mass is 19.1. The third-order valence-electron chi connectivity index (χ3n) is 3.42. The molecular weight excluding hydrogens is 273 g/mol. The van der Waals surface area contributed by atoms with Crippen LogP contribution in [0.2, 0.25) is 0 Å². The topological polar surface area (TPSA) is 97.0 Å². The van der Waals surface area contributed by atoms with E-state index in [2.05, 4.69) is 27.2 Å². The average Bonchev–Trinajstić information content (AvgIpc) is 2.44. The lowest BCUT2D eigenvalue weighted by Gasteiger charge is -2.29. The predicted molar refractivity (Wildman–Crippen MR) is 80.3 cm³/mol. The van der Waals surface area contributed by atoms with Crippen LogP contribution in [-0.2, 0) is 0 Å². The van der Waals surface area contributed by atoms with Crippen molar-refractivity contribution in [2.75, 3.05) is 17.7 Å². The summed E-state index contributed by atoms with van der Waals surface area (Å²) in [6.45, 7) is 3.94. The van der Waals surface area contributed by atoms with E-state index >= 15 is 0 Å². The molecule has 2 rings (SSSR count). The molecule has 2 aromatic heterocycles. The molecular formula is C14H20FN5O. The number of pyridine rings is 1. The van der Waals surface area contributed by atoms with E-state index in [4.69, 9.17) is 5.73 Å². The molecule has 0 spiro atoms. The number of aliphatic hydroxyl groups excluding tert-OH is 1. The van der Waals surface area contributed by atoms with Crippen molar-refractivity contribution >= 4 is 22.7 Å². The van der Waals surface area contributed by atoms with E-state index < -0.39 is 11.5 Å². The number of rotatable bonds is 6. The molecule has 0 saturated heterocycles. The smallest absolute Gasteiger partial charge is 0.222 e. The van der Waals surface area contributed by atoms with Gasteiger partial charge in [0.15, 0.2) is 0 Å². The number of aliphatic hydroxyl groups is 1. The summed E-state index contributed by atoms with van der Waals surface area (Å²) in [6, 6.07) is 1.21. The summed E-state index contributed by atoms with van der Waals surface area (Å²) >= 11 is 0. The minimum atomic E-state index is -0.623. The molecule has 0 bridgehead atoms. The van der Waals surface area contributed by atoms with Crippen LogP contribution >= 0.6 is 0 Å². The van der Waals surface area contributed by atoms with Gasteiger partial charge in [0, 0.05) is 12.3 Å². The lowest BCUT2D eigenvalue weighted by Crippen LogP contribution is -2.39. The van der Waals surface area contributed by atoms with E-state index in [-0.39, 0.29) is 12.6 Å². The molecule has 1 atom stereocenters. The fraction of sp³-hybridized carbons (Fsp3) is 0.500. The summed E-state index contributed by atoms with van der Waals surface area (Å²) in [5.74, 6) is -0.119. The van der Waals surface area contributed by atoms with Gasteiger partial charge >= 0.3 is 0 Å². The number of nitrogen functional groups attached to an aromatic ring is 1. The molecule has 21 heavy (non-hydrogen) atoms. The number of hydrogen-bond acceptors (Lipinski definition) is 6. The summed E-state index contributed by atoms with van der Waals surface area (Å²) in [4.78, 5) is 11.8. The lowest BCUT2D eigenvalue weighted by molar-refractivity contribution is 0.212. The van der Waals surface area contributed by atoms with Crippen molar-refractivity contribution in [1.29, 1.82) is 0 Å². The Bertz CT molecular complexity index is 631. The number of aromatic nitrogens is 3. The van der Waals surface area contributed by atoms with E-state index in [1.165, 1.54) is 12.3 Å². The maximum absolute atomic E-state index is 13.2. The van der Waals surface area contributed by atoms with Crippen molar-refractivity contribution in [2.24, 2.45) is 0 Å². The Labute approximate surface area is 122 Å². The van der Waals surface area contributed by atoms with Gasteiger partial charge in [-0.15, -0.1) is 0 Å². The minimum Gasteiger partial charge on any atom is -0.394 e. The first-order valence-electron chi connectivity index (χ1n) is 6.95. The molecule has 0 fully saturated rings. The SMILES string of the molecule is CCCC[C@](C)(CO)Nc1nc(N)nc2cc(F)ncc12. The number of nitrogens with zero attached hydrogens (tertiary/aromatic N) is 3. The number of unbranched alkanes of at least 4 members (excludes halogenated alkanes) is 1.